The van der Waals surface area contributed by atoms with Crippen molar-refractivity contribution in [3.05, 3.63) is 72.2 Å². The van der Waals surface area contributed by atoms with Crippen molar-refractivity contribution in [1.29, 1.82) is 0 Å². The minimum atomic E-state index is -0.115. The monoisotopic (exact) mass is 367 g/mol. The molecule has 0 saturated heterocycles. The second-order valence-corrected chi connectivity index (χ2v) is 6.39. The maximum Gasteiger partial charge on any atom is 0.318 e. The third-order valence-corrected chi connectivity index (χ3v) is 4.42. The highest BCUT2D eigenvalue weighted by Crippen LogP contribution is 2.18. The highest BCUT2D eigenvalue weighted by Gasteiger charge is 2.19. The summed E-state index contributed by atoms with van der Waals surface area (Å²) in [5.74, 6) is 1.62. The van der Waals surface area contributed by atoms with Gasteiger partial charge < -0.3 is 14.6 Å². The van der Waals surface area contributed by atoms with Crippen LogP contribution in [-0.4, -0.2) is 32.2 Å². The van der Waals surface area contributed by atoms with Crippen molar-refractivity contribution in [2.45, 2.75) is 39.4 Å². The summed E-state index contributed by atoms with van der Waals surface area (Å²) in [5.41, 5.74) is 1.07. The van der Waals surface area contributed by atoms with Crippen LogP contribution in [0.5, 0.6) is 0 Å². The Morgan fingerprint density at radius 2 is 2.07 bits per heavy atom. The summed E-state index contributed by atoms with van der Waals surface area (Å²) in [4.78, 5) is 18.6. The molecule has 2 heterocycles. The Labute approximate surface area is 159 Å². The van der Waals surface area contributed by atoms with Gasteiger partial charge in [0.05, 0.1) is 12.6 Å². The first kappa shape index (κ1) is 18.7. The number of nitrogens with one attached hydrogen (secondary N) is 1. The first-order chi connectivity index (χ1) is 13.2. The molecule has 0 saturated carbocycles. The zero-order valence-electron chi connectivity index (χ0n) is 15.7. The van der Waals surface area contributed by atoms with E-state index in [0.717, 1.165) is 23.5 Å². The molecule has 27 heavy (non-hydrogen) atoms. The number of carbonyl (C=O) groups is 1. The molecule has 0 bridgehead atoms. The molecule has 0 aliphatic carbocycles. The lowest BCUT2D eigenvalue weighted by Gasteiger charge is -2.25. The summed E-state index contributed by atoms with van der Waals surface area (Å²) in [5, 5.41) is 7.30. The number of rotatable bonds is 8. The van der Waals surface area contributed by atoms with E-state index >= 15 is 0 Å². The molecule has 3 aromatic rings. The molecule has 7 nitrogen and oxygen atoms in total. The lowest BCUT2D eigenvalue weighted by atomic mass is 10.0. The van der Waals surface area contributed by atoms with Crippen molar-refractivity contribution in [3.8, 4) is 0 Å². The minimum Gasteiger partial charge on any atom is -0.464 e. The standard InChI is InChI=1S/C20H25N5O2/c1-3-24(13-18-10-9-16(2)27-18)20(26)23-19(17-7-5-4-6-8-17)11-12-25-15-21-14-22-25/h4-10,14-15,19H,3,11-13H2,1-2H3,(H,23,26)/t19-/m1/s1. The van der Waals surface area contributed by atoms with Gasteiger partial charge in [-0.3, -0.25) is 4.68 Å². The molecule has 0 aliphatic heterocycles. The van der Waals surface area contributed by atoms with Crippen molar-refractivity contribution in [1.82, 2.24) is 25.0 Å². The minimum absolute atomic E-state index is 0.112. The molecule has 0 spiro atoms. The number of nitrogens with zero attached hydrogens (tertiary/aromatic N) is 4. The van der Waals surface area contributed by atoms with Crippen LogP contribution in [0.3, 0.4) is 0 Å². The number of aromatic nitrogens is 3. The number of hydrogen-bond donors (Lipinski definition) is 1. The van der Waals surface area contributed by atoms with Crippen molar-refractivity contribution in [2.24, 2.45) is 0 Å². The number of aryl methyl sites for hydroxylation is 2. The van der Waals surface area contributed by atoms with Crippen LogP contribution < -0.4 is 5.32 Å². The quantitative estimate of drug-likeness (QED) is 0.661. The summed E-state index contributed by atoms with van der Waals surface area (Å²) in [7, 11) is 0. The number of urea groups is 1. The number of amides is 2. The first-order valence-electron chi connectivity index (χ1n) is 9.14. The maximum atomic E-state index is 12.9. The fourth-order valence-electron chi connectivity index (χ4n) is 2.94. The zero-order chi connectivity index (χ0) is 19.1. The molecule has 0 unspecified atom stereocenters. The predicted molar refractivity (Wildman–Crippen MR) is 102 cm³/mol. The SMILES string of the molecule is CCN(Cc1ccc(C)o1)C(=O)N[C@H](CCn1cncn1)c1ccccc1. The fourth-order valence-corrected chi connectivity index (χ4v) is 2.94. The van der Waals surface area contributed by atoms with Gasteiger partial charge in [-0.2, -0.15) is 5.10 Å². The van der Waals surface area contributed by atoms with Gasteiger partial charge in [-0.15, -0.1) is 0 Å². The van der Waals surface area contributed by atoms with E-state index < -0.39 is 0 Å². The Morgan fingerprint density at radius 1 is 1.26 bits per heavy atom. The fraction of sp³-hybridized carbons (Fsp3) is 0.350. The lowest BCUT2D eigenvalue weighted by molar-refractivity contribution is 0.188. The zero-order valence-corrected chi connectivity index (χ0v) is 15.7. The van der Waals surface area contributed by atoms with Crippen molar-refractivity contribution < 1.29 is 9.21 Å². The summed E-state index contributed by atoms with van der Waals surface area (Å²) in [6.45, 7) is 5.57. The number of furan rings is 1. The molecule has 1 N–H and O–H groups in total. The van der Waals surface area contributed by atoms with Gasteiger partial charge in [0.2, 0.25) is 0 Å². The molecule has 3 rings (SSSR count). The Morgan fingerprint density at radius 3 is 2.70 bits per heavy atom. The largest absolute Gasteiger partial charge is 0.464 e. The van der Waals surface area contributed by atoms with Gasteiger partial charge in [-0.05, 0) is 38.0 Å². The van der Waals surface area contributed by atoms with E-state index in [9.17, 15) is 4.79 Å². The van der Waals surface area contributed by atoms with Crippen LogP contribution in [0.25, 0.3) is 0 Å². The van der Waals surface area contributed by atoms with Crippen molar-refractivity contribution >= 4 is 6.03 Å². The Kier molecular flexibility index (Phi) is 6.25. The Bertz CT molecular complexity index is 829. The molecule has 7 heteroatoms. The summed E-state index contributed by atoms with van der Waals surface area (Å²) < 4.78 is 7.38. The van der Waals surface area contributed by atoms with Crippen LogP contribution >= 0.6 is 0 Å². The van der Waals surface area contributed by atoms with Crippen LogP contribution in [-0.2, 0) is 13.1 Å². The smallest absolute Gasteiger partial charge is 0.318 e. The van der Waals surface area contributed by atoms with Gasteiger partial charge in [0.25, 0.3) is 0 Å². The van der Waals surface area contributed by atoms with E-state index in [2.05, 4.69) is 15.4 Å². The highest BCUT2D eigenvalue weighted by molar-refractivity contribution is 5.74. The molecule has 0 fully saturated rings. The second-order valence-electron chi connectivity index (χ2n) is 6.39. The lowest BCUT2D eigenvalue weighted by Crippen LogP contribution is -2.41. The molecule has 0 radical (unpaired) electrons. The average molecular weight is 367 g/mol. The van der Waals surface area contributed by atoms with Gasteiger partial charge in [-0.1, -0.05) is 30.3 Å². The topological polar surface area (TPSA) is 76.2 Å². The number of benzene rings is 1. The van der Waals surface area contributed by atoms with Crippen LogP contribution in [0.1, 0.15) is 36.5 Å². The van der Waals surface area contributed by atoms with E-state index in [1.807, 2.05) is 56.3 Å². The average Bonchev–Trinajstić information content (AvgIpc) is 3.35. The Hall–Kier alpha value is -3.09. The van der Waals surface area contributed by atoms with Gasteiger partial charge in [0, 0.05) is 13.1 Å². The molecule has 1 aromatic carbocycles. The molecular weight excluding hydrogens is 342 g/mol. The van der Waals surface area contributed by atoms with E-state index in [4.69, 9.17) is 4.42 Å². The van der Waals surface area contributed by atoms with E-state index in [1.54, 1.807) is 15.9 Å². The third kappa shape index (κ3) is 5.20. The summed E-state index contributed by atoms with van der Waals surface area (Å²) in [6, 6.07) is 13.6. The van der Waals surface area contributed by atoms with E-state index in [1.165, 1.54) is 6.33 Å². The second kappa shape index (κ2) is 9.02. The van der Waals surface area contributed by atoms with Crippen molar-refractivity contribution in [2.75, 3.05) is 6.54 Å². The van der Waals surface area contributed by atoms with E-state index in [-0.39, 0.29) is 12.1 Å². The number of hydrogen-bond acceptors (Lipinski definition) is 4. The molecular formula is C20H25N5O2. The van der Waals surface area contributed by atoms with E-state index in [0.29, 0.717) is 19.6 Å². The van der Waals surface area contributed by atoms with Gasteiger partial charge in [0.1, 0.15) is 24.2 Å². The molecule has 2 amide bonds. The Balaban J connectivity index is 1.68. The molecule has 142 valence electrons. The van der Waals surface area contributed by atoms with Crippen molar-refractivity contribution in [3.63, 3.8) is 0 Å². The molecule has 0 aliphatic rings. The highest BCUT2D eigenvalue weighted by atomic mass is 16.3. The first-order valence-corrected chi connectivity index (χ1v) is 9.14. The summed E-state index contributed by atoms with van der Waals surface area (Å²) in [6.07, 6.45) is 3.91. The molecule has 2 aromatic heterocycles. The van der Waals surface area contributed by atoms with Crippen LogP contribution in [0.2, 0.25) is 0 Å². The van der Waals surface area contributed by atoms with Gasteiger partial charge in [-0.25, -0.2) is 9.78 Å². The summed E-state index contributed by atoms with van der Waals surface area (Å²) >= 11 is 0. The normalized spacial score (nSPS) is 11.9. The van der Waals surface area contributed by atoms with Gasteiger partial charge in [0.15, 0.2) is 0 Å². The third-order valence-electron chi connectivity index (χ3n) is 4.42. The van der Waals surface area contributed by atoms with Crippen LogP contribution in [0.15, 0.2) is 59.5 Å². The van der Waals surface area contributed by atoms with Gasteiger partial charge >= 0.3 is 6.03 Å². The van der Waals surface area contributed by atoms with Crippen LogP contribution in [0, 0.1) is 6.92 Å². The van der Waals surface area contributed by atoms with Crippen LogP contribution in [0.4, 0.5) is 4.79 Å². The predicted octanol–water partition coefficient (Wildman–Crippen LogP) is 3.54. The maximum absolute atomic E-state index is 12.9. The number of carbonyl (C=O) groups excluding carboxylic acids is 1. The molecule has 1 atom stereocenters.